The standard InChI is InChI=1S/C14H15BrF2O/c1-14(6-2-3-7-14)12(18)8-9-11(16)5-4-10(15)13(9)17/h4-5H,2-3,6-8H2,1H3. The smallest absolute Gasteiger partial charge is 0.143 e. The third-order valence-corrected chi connectivity index (χ3v) is 4.47. The first-order chi connectivity index (χ1) is 8.44. The Morgan fingerprint density at radius 2 is 1.94 bits per heavy atom. The third kappa shape index (κ3) is 2.48. The fourth-order valence-corrected chi connectivity index (χ4v) is 2.91. The van der Waals surface area contributed by atoms with Crippen molar-refractivity contribution in [1.29, 1.82) is 0 Å². The summed E-state index contributed by atoms with van der Waals surface area (Å²) in [5.41, 5.74) is -0.524. The molecule has 0 aliphatic heterocycles. The molecule has 0 radical (unpaired) electrons. The second-order valence-electron chi connectivity index (χ2n) is 5.19. The zero-order valence-corrected chi connectivity index (χ0v) is 11.8. The van der Waals surface area contributed by atoms with Crippen LogP contribution in [0.15, 0.2) is 16.6 Å². The number of ketones is 1. The summed E-state index contributed by atoms with van der Waals surface area (Å²) in [4.78, 5) is 12.2. The first-order valence-electron chi connectivity index (χ1n) is 6.10. The Balaban J connectivity index is 2.24. The number of rotatable bonds is 3. The van der Waals surface area contributed by atoms with Crippen molar-refractivity contribution in [3.8, 4) is 0 Å². The predicted molar refractivity (Wildman–Crippen MR) is 69.3 cm³/mol. The van der Waals surface area contributed by atoms with Gasteiger partial charge in [0.1, 0.15) is 17.4 Å². The van der Waals surface area contributed by atoms with Crippen molar-refractivity contribution in [2.75, 3.05) is 0 Å². The molecule has 2 rings (SSSR count). The molecule has 1 fully saturated rings. The highest BCUT2D eigenvalue weighted by molar-refractivity contribution is 9.10. The van der Waals surface area contributed by atoms with Crippen molar-refractivity contribution in [3.05, 3.63) is 33.8 Å². The molecular formula is C14H15BrF2O. The molecule has 0 aromatic heterocycles. The number of benzene rings is 1. The molecule has 0 N–H and O–H groups in total. The van der Waals surface area contributed by atoms with Gasteiger partial charge in [0.15, 0.2) is 0 Å². The second kappa shape index (κ2) is 5.08. The molecule has 1 nitrogen and oxygen atoms in total. The number of carbonyl (C=O) groups is 1. The van der Waals surface area contributed by atoms with Gasteiger partial charge in [-0.1, -0.05) is 19.8 Å². The van der Waals surface area contributed by atoms with Gasteiger partial charge in [0.25, 0.3) is 0 Å². The number of hydrogen-bond acceptors (Lipinski definition) is 1. The fourth-order valence-electron chi connectivity index (χ4n) is 2.54. The highest BCUT2D eigenvalue weighted by atomic mass is 79.9. The van der Waals surface area contributed by atoms with E-state index in [9.17, 15) is 13.6 Å². The molecule has 98 valence electrons. The van der Waals surface area contributed by atoms with Crippen molar-refractivity contribution in [2.45, 2.75) is 39.0 Å². The lowest BCUT2D eigenvalue weighted by Gasteiger charge is -2.22. The summed E-state index contributed by atoms with van der Waals surface area (Å²) in [6.45, 7) is 1.90. The quantitative estimate of drug-likeness (QED) is 0.754. The Hall–Kier alpha value is -0.770. The van der Waals surface area contributed by atoms with E-state index < -0.39 is 17.0 Å². The maximum atomic E-state index is 13.8. The topological polar surface area (TPSA) is 17.1 Å². The maximum absolute atomic E-state index is 13.8. The Kier molecular flexibility index (Phi) is 3.85. The van der Waals surface area contributed by atoms with E-state index in [1.165, 1.54) is 12.1 Å². The first kappa shape index (κ1) is 13.7. The summed E-state index contributed by atoms with van der Waals surface area (Å²) in [7, 11) is 0. The first-order valence-corrected chi connectivity index (χ1v) is 6.89. The number of Topliss-reactive ketones (excluding diaryl/α,β-unsaturated/α-hetero) is 1. The molecule has 1 aliphatic rings. The lowest BCUT2D eigenvalue weighted by atomic mass is 9.81. The van der Waals surface area contributed by atoms with Crippen LogP contribution in [-0.2, 0) is 11.2 Å². The number of carbonyl (C=O) groups excluding carboxylic acids is 1. The molecule has 0 bridgehead atoms. The van der Waals surface area contributed by atoms with Gasteiger partial charge >= 0.3 is 0 Å². The van der Waals surface area contributed by atoms with Gasteiger partial charge in [-0.25, -0.2) is 8.78 Å². The lowest BCUT2D eigenvalue weighted by Crippen LogP contribution is -2.26. The molecular weight excluding hydrogens is 302 g/mol. The van der Waals surface area contributed by atoms with E-state index in [0.717, 1.165) is 25.7 Å². The highest BCUT2D eigenvalue weighted by Gasteiger charge is 2.36. The van der Waals surface area contributed by atoms with Crippen LogP contribution in [-0.4, -0.2) is 5.78 Å². The van der Waals surface area contributed by atoms with Gasteiger partial charge < -0.3 is 0 Å². The van der Waals surface area contributed by atoms with Crippen LogP contribution in [0.2, 0.25) is 0 Å². The van der Waals surface area contributed by atoms with Crippen LogP contribution in [0.25, 0.3) is 0 Å². The van der Waals surface area contributed by atoms with Crippen molar-refractivity contribution in [3.63, 3.8) is 0 Å². The highest BCUT2D eigenvalue weighted by Crippen LogP contribution is 2.39. The van der Waals surface area contributed by atoms with Crippen LogP contribution < -0.4 is 0 Å². The molecule has 4 heteroatoms. The molecule has 0 heterocycles. The van der Waals surface area contributed by atoms with E-state index >= 15 is 0 Å². The van der Waals surface area contributed by atoms with Crippen molar-refractivity contribution < 1.29 is 13.6 Å². The normalized spacial score (nSPS) is 18.0. The van der Waals surface area contributed by atoms with E-state index in [0.29, 0.717) is 0 Å². The van der Waals surface area contributed by atoms with Gasteiger partial charge in [-0.15, -0.1) is 0 Å². The van der Waals surface area contributed by atoms with Gasteiger partial charge in [-0.05, 0) is 40.9 Å². The minimum atomic E-state index is -0.662. The summed E-state index contributed by atoms with van der Waals surface area (Å²) in [6, 6.07) is 2.50. The zero-order valence-electron chi connectivity index (χ0n) is 10.2. The largest absolute Gasteiger partial charge is 0.299 e. The molecule has 1 aromatic rings. The Bertz CT molecular complexity index is 479. The van der Waals surface area contributed by atoms with Crippen LogP contribution in [0.4, 0.5) is 8.78 Å². The Morgan fingerprint density at radius 3 is 2.56 bits per heavy atom. The van der Waals surface area contributed by atoms with Crippen LogP contribution >= 0.6 is 15.9 Å². The molecule has 1 aliphatic carbocycles. The predicted octanol–water partition coefficient (Wildman–Crippen LogP) is 4.42. The van der Waals surface area contributed by atoms with E-state index in [1.54, 1.807) is 0 Å². The van der Waals surface area contributed by atoms with Gasteiger partial charge in [-0.2, -0.15) is 0 Å². The third-order valence-electron chi connectivity index (χ3n) is 3.86. The maximum Gasteiger partial charge on any atom is 0.143 e. The van der Waals surface area contributed by atoms with Gasteiger partial charge in [-0.3, -0.25) is 4.79 Å². The van der Waals surface area contributed by atoms with Gasteiger partial charge in [0, 0.05) is 17.4 Å². The summed E-state index contributed by atoms with van der Waals surface area (Å²) in [5, 5.41) is 0. The average Bonchev–Trinajstić information content (AvgIpc) is 2.78. The van der Waals surface area contributed by atoms with Crippen LogP contribution in [0.1, 0.15) is 38.2 Å². The summed E-state index contributed by atoms with van der Waals surface area (Å²) in [5.74, 6) is -1.37. The molecule has 0 atom stereocenters. The molecule has 1 saturated carbocycles. The summed E-state index contributed by atoms with van der Waals surface area (Å²) >= 11 is 3.01. The molecule has 18 heavy (non-hydrogen) atoms. The van der Waals surface area contributed by atoms with E-state index in [2.05, 4.69) is 15.9 Å². The van der Waals surface area contributed by atoms with E-state index in [1.807, 2.05) is 6.92 Å². The molecule has 0 unspecified atom stereocenters. The SMILES string of the molecule is CC1(C(=O)Cc2c(F)ccc(Br)c2F)CCCC1. The number of hydrogen-bond donors (Lipinski definition) is 0. The lowest BCUT2D eigenvalue weighted by molar-refractivity contribution is -0.127. The fraction of sp³-hybridized carbons (Fsp3) is 0.500. The van der Waals surface area contributed by atoms with E-state index in [4.69, 9.17) is 0 Å². The summed E-state index contributed by atoms with van der Waals surface area (Å²) < 4.78 is 27.6. The Labute approximate surface area is 114 Å². The monoisotopic (exact) mass is 316 g/mol. The average molecular weight is 317 g/mol. The van der Waals surface area contributed by atoms with Crippen LogP contribution in [0, 0.1) is 17.0 Å². The molecule has 0 saturated heterocycles. The molecule has 0 spiro atoms. The number of halogens is 3. The van der Waals surface area contributed by atoms with Gasteiger partial charge in [0.2, 0.25) is 0 Å². The second-order valence-corrected chi connectivity index (χ2v) is 6.04. The van der Waals surface area contributed by atoms with E-state index in [-0.39, 0.29) is 22.2 Å². The molecule has 0 amide bonds. The minimum absolute atomic E-state index is 0.0594. The van der Waals surface area contributed by atoms with Gasteiger partial charge in [0.05, 0.1) is 4.47 Å². The summed E-state index contributed by atoms with van der Waals surface area (Å²) in [6.07, 6.45) is 3.52. The van der Waals surface area contributed by atoms with Crippen LogP contribution in [0.3, 0.4) is 0 Å². The zero-order chi connectivity index (χ0) is 13.3. The minimum Gasteiger partial charge on any atom is -0.299 e. The van der Waals surface area contributed by atoms with Crippen molar-refractivity contribution in [2.24, 2.45) is 5.41 Å². The van der Waals surface area contributed by atoms with Crippen molar-refractivity contribution in [1.82, 2.24) is 0 Å². The molecule has 1 aromatic carbocycles. The van der Waals surface area contributed by atoms with Crippen molar-refractivity contribution >= 4 is 21.7 Å². The van der Waals surface area contributed by atoms with Crippen LogP contribution in [0.5, 0.6) is 0 Å². The Morgan fingerprint density at radius 1 is 1.33 bits per heavy atom.